The number of hydrogen-bond donors (Lipinski definition) is 0. The second-order valence-electron chi connectivity index (χ2n) is 3.96. The van der Waals surface area contributed by atoms with E-state index >= 15 is 0 Å². The summed E-state index contributed by atoms with van der Waals surface area (Å²) in [6.45, 7) is 1.62. The fourth-order valence-corrected chi connectivity index (χ4v) is 1.88. The molecule has 6 nitrogen and oxygen atoms in total. The molecule has 0 N–H and O–H groups in total. The molecule has 1 aromatic carbocycles. The van der Waals surface area contributed by atoms with Gasteiger partial charge in [0.25, 0.3) is 0 Å². The summed E-state index contributed by atoms with van der Waals surface area (Å²) in [5.41, 5.74) is 0.648. The van der Waals surface area contributed by atoms with Crippen molar-refractivity contribution in [2.75, 3.05) is 20.3 Å². The Kier molecular flexibility index (Phi) is 5.78. The highest BCUT2D eigenvalue weighted by molar-refractivity contribution is 5.70. The summed E-state index contributed by atoms with van der Waals surface area (Å²) >= 11 is 0. The van der Waals surface area contributed by atoms with Crippen LogP contribution in [0.25, 0.3) is 0 Å². The standard InChI is InChI=1S/C13H17NO5/c1-3-19-13(15)8-10(9-14(16)17)11-6-4-5-7-12(11)18-2/h4-7,10H,3,8-9H2,1-2H3. The van der Waals surface area contributed by atoms with Gasteiger partial charge in [0.1, 0.15) is 5.75 Å². The van der Waals surface area contributed by atoms with Crippen LogP contribution in [-0.2, 0) is 9.53 Å². The first-order chi connectivity index (χ1) is 9.08. The monoisotopic (exact) mass is 267 g/mol. The fourth-order valence-electron chi connectivity index (χ4n) is 1.88. The van der Waals surface area contributed by atoms with Crippen LogP contribution in [0, 0.1) is 10.1 Å². The number of hydrogen-bond acceptors (Lipinski definition) is 5. The van der Waals surface area contributed by atoms with E-state index in [1.54, 1.807) is 31.2 Å². The lowest BCUT2D eigenvalue weighted by molar-refractivity contribution is -0.483. The topological polar surface area (TPSA) is 78.7 Å². The SMILES string of the molecule is CCOC(=O)CC(C[N+](=O)[O-])c1ccccc1OC. The summed E-state index contributed by atoms with van der Waals surface area (Å²) in [6.07, 6.45) is -0.0325. The van der Waals surface area contributed by atoms with E-state index < -0.39 is 16.8 Å². The maximum Gasteiger partial charge on any atom is 0.306 e. The molecule has 0 spiro atoms. The average molecular weight is 267 g/mol. The van der Waals surface area contributed by atoms with E-state index in [-0.39, 0.29) is 19.6 Å². The number of nitrogens with zero attached hydrogens (tertiary/aromatic N) is 1. The van der Waals surface area contributed by atoms with Crippen LogP contribution in [-0.4, -0.2) is 31.2 Å². The lowest BCUT2D eigenvalue weighted by atomic mass is 9.95. The number of rotatable bonds is 7. The van der Waals surface area contributed by atoms with Crippen LogP contribution in [0.3, 0.4) is 0 Å². The lowest BCUT2D eigenvalue weighted by Gasteiger charge is -2.15. The van der Waals surface area contributed by atoms with Gasteiger partial charge in [0.05, 0.1) is 26.1 Å². The number of nitro groups is 1. The van der Waals surface area contributed by atoms with E-state index in [1.165, 1.54) is 7.11 Å². The zero-order chi connectivity index (χ0) is 14.3. The van der Waals surface area contributed by atoms with Gasteiger partial charge in [-0.1, -0.05) is 18.2 Å². The van der Waals surface area contributed by atoms with Gasteiger partial charge < -0.3 is 9.47 Å². The third-order valence-corrected chi connectivity index (χ3v) is 2.67. The molecule has 1 aromatic rings. The zero-order valence-corrected chi connectivity index (χ0v) is 11.0. The summed E-state index contributed by atoms with van der Waals surface area (Å²) in [7, 11) is 1.49. The van der Waals surface area contributed by atoms with Gasteiger partial charge in [-0.15, -0.1) is 0 Å². The molecule has 0 aliphatic heterocycles. The molecule has 0 aliphatic rings. The Balaban J connectivity index is 2.95. The fraction of sp³-hybridized carbons (Fsp3) is 0.462. The van der Waals surface area contributed by atoms with Gasteiger partial charge in [0.15, 0.2) is 0 Å². The highest BCUT2D eigenvalue weighted by atomic mass is 16.6. The molecule has 0 fully saturated rings. The quantitative estimate of drug-likeness (QED) is 0.429. The Hall–Kier alpha value is -2.11. The predicted molar refractivity (Wildman–Crippen MR) is 68.8 cm³/mol. The Morgan fingerprint density at radius 2 is 2.11 bits per heavy atom. The number of methoxy groups -OCH3 is 1. The second-order valence-corrected chi connectivity index (χ2v) is 3.96. The first-order valence-corrected chi connectivity index (χ1v) is 5.98. The second kappa shape index (κ2) is 7.35. The summed E-state index contributed by atoms with van der Waals surface area (Å²) in [6, 6.07) is 6.98. The van der Waals surface area contributed by atoms with Crippen molar-refractivity contribution in [2.24, 2.45) is 0 Å². The van der Waals surface area contributed by atoms with Gasteiger partial charge in [-0.2, -0.15) is 0 Å². The van der Waals surface area contributed by atoms with Gasteiger partial charge in [0, 0.05) is 10.5 Å². The van der Waals surface area contributed by atoms with Crippen LogP contribution >= 0.6 is 0 Å². The Bertz CT molecular complexity index is 446. The number of ether oxygens (including phenoxy) is 2. The lowest BCUT2D eigenvalue weighted by Crippen LogP contribution is -2.18. The number of carbonyl (C=O) groups is 1. The summed E-state index contributed by atoms with van der Waals surface area (Å²) in [5.74, 6) is -0.455. The first kappa shape index (κ1) is 14.9. The highest BCUT2D eigenvalue weighted by Crippen LogP contribution is 2.29. The average Bonchev–Trinajstić information content (AvgIpc) is 2.37. The molecule has 104 valence electrons. The number of benzene rings is 1. The molecule has 19 heavy (non-hydrogen) atoms. The molecule has 1 unspecified atom stereocenters. The zero-order valence-electron chi connectivity index (χ0n) is 11.0. The van der Waals surface area contributed by atoms with Crippen molar-refractivity contribution in [1.29, 1.82) is 0 Å². The molecule has 0 heterocycles. The van der Waals surface area contributed by atoms with Gasteiger partial charge in [-0.05, 0) is 13.0 Å². The van der Waals surface area contributed by atoms with Gasteiger partial charge in [-0.3, -0.25) is 14.9 Å². The van der Waals surface area contributed by atoms with Gasteiger partial charge in [0.2, 0.25) is 6.54 Å². The van der Waals surface area contributed by atoms with E-state index in [9.17, 15) is 14.9 Å². The van der Waals surface area contributed by atoms with Crippen molar-refractivity contribution in [3.63, 3.8) is 0 Å². The molecule has 0 aromatic heterocycles. The van der Waals surface area contributed by atoms with Gasteiger partial charge in [-0.25, -0.2) is 0 Å². The summed E-state index contributed by atoms with van der Waals surface area (Å²) in [5, 5.41) is 10.7. The Morgan fingerprint density at radius 1 is 1.42 bits per heavy atom. The minimum absolute atomic E-state index is 0.0325. The molecule has 6 heteroatoms. The van der Waals surface area contributed by atoms with Crippen LogP contribution in [0.1, 0.15) is 24.8 Å². The van der Waals surface area contributed by atoms with E-state index in [2.05, 4.69) is 0 Å². The largest absolute Gasteiger partial charge is 0.496 e. The molecule has 0 radical (unpaired) electrons. The predicted octanol–water partition coefficient (Wildman–Crippen LogP) is 2.01. The number of carbonyl (C=O) groups excluding carboxylic acids is 1. The van der Waals surface area contributed by atoms with E-state index in [0.717, 1.165) is 0 Å². The number of esters is 1. The normalized spacial score (nSPS) is 11.7. The van der Waals surface area contributed by atoms with Crippen LogP contribution in [0.15, 0.2) is 24.3 Å². The van der Waals surface area contributed by atoms with Crippen molar-refractivity contribution in [3.05, 3.63) is 39.9 Å². The molecular formula is C13H17NO5. The third kappa shape index (κ3) is 4.57. The molecule has 1 rings (SSSR count). The van der Waals surface area contributed by atoms with Crippen molar-refractivity contribution >= 4 is 5.97 Å². The van der Waals surface area contributed by atoms with Crippen molar-refractivity contribution < 1.29 is 19.2 Å². The van der Waals surface area contributed by atoms with Crippen LogP contribution in [0.2, 0.25) is 0 Å². The van der Waals surface area contributed by atoms with E-state index in [4.69, 9.17) is 9.47 Å². The van der Waals surface area contributed by atoms with Crippen molar-refractivity contribution in [1.82, 2.24) is 0 Å². The molecule has 1 atom stereocenters. The minimum atomic E-state index is -0.551. The molecular weight excluding hydrogens is 250 g/mol. The summed E-state index contributed by atoms with van der Waals surface area (Å²) in [4.78, 5) is 21.8. The molecule has 0 bridgehead atoms. The molecule has 0 amide bonds. The summed E-state index contributed by atoms with van der Waals surface area (Å²) < 4.78 is 10.0. The Morgan fingerprint density at radius 3 is 2.68 bits per heavy atom. The first-order valence-electron chi connectivity index (χ1n) is 5.98. The molecule has 0 saturated carbocycles. The smallest absolute Gasteiger partial charge is 0.306 e. The molecule has 0 saturated heterocycles. The highest BCUT2D eigenvalue weighted by Gasteiger charge is 2.24. The van der Waals surface area contributed by atoms with Crippen molar-refractivity contribution in [3.8, 4) is 5.75 Å². The van der Waals surface area contributed by atoms with Crippen molar-refractivity contribution in [2.45, 2.75) is 19.3 Å². The Labute approximate surface area is 111 Å². The molecule has 0 aliphatic carbocycles. The van der Waals surface area contributed by atoms with Crippen LogP contribution in [0.4, 0.5) is 0 Å². The van der Waals surface area contributed by atoms with Gasteiger partial charge >= 0.3 is 5.97 Å². The third-order valence-electron chi connectivity index (χ3n) is 2.67. The number of para-hydroxylation sites is 1. The van der Waals surface area contributed by atoms with Crippen LogP contribution in [0.5, 0.6) is 5.75 Å². The van der Waals surface area contributed by atoms with Crippen LogP contribution < -0.4 is 4.74 Å². The van der Waals surface area contributed by atoms with E-state index in [0.29, 0.717) is 11.3 Å². The van der Waals surface area contributed by atoms with E-state index in [1.807, 2.05) is 0 Å². The maximum atomic E-state index is 11.5. The maximum absolute atomic E-state index is 11.5. The minimum Gasteiger partial charge on any atom is -0.496 e.